The summed E-state index contributed by atoms with van der Waals surface area (Å²) in [6.45, 7) is 2.40. The molecule has 0 bridgehead atoms. The first-order chi connectivity index (χ1) is 10.8. The second-order valence-electron chi connectivity index (χ2n) is 6.11. The Balaban J connectivity index is 1.56. The summed E-state index contributed by atoms with van der Waals surface area (Å²) in [7, 11) is 0. The largest absolute Gasteiger partial charge is 0.335 e. The van der Waals surface area contributed by atoms with Crippen LogP contribution in [0.4, 0.5) is 0 Å². The van der Waals surface area contributed by atoms with E-state index in [1.165, 1.54) is 11.1 Å². The summed E-state index contributed by atoms with van der Waals surface area (Å²) in [6, 6.07) is 8.49. The number of nitrogens with zero attached hydrogens (tertiary/aromatic N) is 4. The van der Waals surface area contributed by atoms with E-state index in [4.69, 9.17) is 0 Å². The smallest absolute Gasteiger partial charge is 0.291 e. The average molecular weight is 296 g/mol. The quantitative estimate of drug-likeness (QED) is 0.807. The summed E-state index contributed by atoms with van der Waals surface area (Å²) in [6.07, 6.45) is 5.03. The number of aryl methyl sites for hydroxylation is 1. The fraction of sp³-hybridized carbons (Fsp3) is 0.471. The molecule has 0 saturated heterocycles. The van der Waals surface area contributed by atoms with Crippen LogP contribution in [-0.4, -0.2) is 38.7 Å². The van der Waals surface area contributed by atoms with Gasteiger partial charge in [-0.2, -0.15) is 0 Å². The minimum atomic E-state index is 0.0356. The third-order valence-corrected chi connectivity index (χ3v) is 4.76. The van der Waals surface area contributed by atoms with Crippen molar-refractivity contribution >= 4 is 5.91 Å². The monoisotopic (exact) mass is 296 g/mol. The minimum absolute atomic E-state index is 0.0356. The van der Waals surface area contributed by atoms with Gasteiger partial charge in [0.05, 0.1) is 0 Å². The number of hydrogen-bond donors (Lipinski definition) is 0. The first kappa shape index (κ1) is 13.5. The topological polar surface area (TPSA) is 51.0 Å². The van der Waals surface area contributed by atoms with Gasteiger partial charge in [0.25, 0.3) is 5.91 Å². The SMILES string of the molecule is O=C(c1nnc2n1CCCC2)N1CCc2ccccc2CC1. The molecule has 0 atom stereocenters. The van der Waals surface area contributed by atoms with Gasteiger partial charge in [-0.15, -0.1) is 10.2 Å². The third kappa shape index (κ3) is 2.30. The van der Waals surface area contributed by atoms with Crippen LogP contribution in [-0.2, 0) is 25.8 Å². The van der Waals surface area contributed by atoms with E-state index in [0.717, 1.165) is 57.6 Å². The molecule has 0 aliphatic carbocycles. The van der Waals surface area contributed by atoms with Gasteiger partial charge in [0.15, 0.2) is 0 Å². The number of hydrogen-bond acceptors (Lipinski definition) is 3. The van der Waals surface area contributed by atoms with Crippen molar-refractivity contribution in [3.05, 3.63) is 47.0 Å². The summed E-state index contributed by atoms with van der Waals surface area (Å²) in [5, 5.41) is 8.38. The van der Waals surface area contributed by atoms with E-state index in [-0.39, 0.29) is 5.91 Å². The van der Waals surface area contributed by atoms with Gasteiger partial charge in [0, 0.05) is 26.1 Å². The van der Waals surface area contributed by atoms with E-state index in [0.29, 0.717) is 5.82 Å². The summed E-state index contributed by atoms with van der Waals surface area (Å²) < 4.78 is 2.02. The van der Waals surface area contributed by atoms with Gasteiger partial charge < -0.3 is 9.47 Å². The van der Waals surface area contributed by atoms with Crippen LogP contribution in [0.3, 0.4) is 0 Å². The molecule has 5 heteroatoms. The Kier molecular flexibility index (Phi) is 3.41. The van der Waals surface area contributed by atoms with Gasteiger partial charge in [-0.3, -0.25) is 4.79 Å². The highest BCUT2D eigenvalue weighted by Crippen LogP contribution is 2.19. The fourth-order valence-corrected chi connectivity index (χ4v) is 3.48. The van der Waals surface area contributed by atoms with Gasteiger partial charge in [-0.1, -0.05) is 24.3 Å². The number of amides is 1. The predicted octanol–water partition coefficient (Wildman–Crippen LogP) is 1.86. The lowest BCUT2D eigenvalue weighted by Crippen LogP contribution is -2.35. The molecule has 0 saturated carbocycles. The molecule has 22 heavy (non-hydrogen) atoms. The molecule has 2 aliphatic rings. The second kappa shape index (κ2) is 5.55. The van der Waals surface area contributed by atoms with E-state index >= 15 is 0 Å². The zero-order chi connectivity index (χ0) is 14.9. The molecule has 1 aromatic carbocycles. The maximum atomic E-state index is 12.8. The van der Waals surface area contributed by atoms with E-state index in [9.17, 15) is 4.79 Å². The number of carbonyl (C=O) groups is 1. The minimum Gasteiger partial charge on any atom is -0.335 e. The Morgan fingerprint density at radius 2 is 1.64 bits per heavy atom. The summed E-state index contributed by atoms with van der Waals surface area (Å²) in [4.78, 5) is 14.8. The number of aromatic nitrogens is 3. The molecule has 0 unspecified atom stereocenters. The maximum Gasteiger partial charge on any atom is 0.291 e. The van der Waals surface area contributed by atoms with Crippen molar-refractivity contribution in [1.82, 2.24) is 19.7 Å². The molecule has 114 valence electrons. The first-order valence-corrected chi connectivity index (χ1v) is 8.11. The number of fused-ring (bicyclic) bond motifs is 2. The molecule has 0 radical (unpaired) electrons. The van der Waals surface area contributed by atoms with Gasteiger partial charge >= 0.3 is 0 Å². The van der Waals surface area contributed by atoms with E-state index in [1.807, 2.05) is 9.47 Å². The molecule has 1 amide bonds. The zero-order valence-corrected chi connectivity index (χ0v) is 12.7. The highest BCUT2D eigenvalue weighted by Gasteiger charge is 2.26. The molecule has 3 heterocycles. The van der Waals surface area contributed by atoms with Crippen LogP contribution in [0.1, 0.15) is 40.4 Å². The van der Waals surface area contributed by atoms with Crippen LogP contribution in [0.25, 0.3) is 0 Å². The van der Waals surface area contributed by atoms with E-state index in [2.05, 4.69) is 34.5 Å². The van der Waals surface area contributed by atoms with Crippen LogP contribution in [0, 0.1) is 0 Å². The van der Waals surface area contributed by atoms with Crippen molar-refractivity contribution in [2.24, 2.45) is 0 Å². The Labute approximate surface area is 130 Å². The second-order valence-corrected chi connectivity index (χ2v) is 6.11. The molecule has 0 N–H and O–H groups in total. The van der Waals surface area contributed by atoms with Crippen LogP contribution in [0.15, 0.2) is 24.3 Å². The fourth-order valence-electron chi connectivity index (χ4n) is 3.48. The summed E-state index contributed by atoms with van der Waals surface area (Å²) in [5.41, 5.74) is 2.72. The van der Waals surface area contributed by atoms with Crippen LogP contribution in [0.5, 0.6) is 0 Å². The molecule has 5 nitrogen and oxygen atoms in total. The highest BCUT2D eigenvalue weighted by atomic mass is 16.2. The predicted molar refractivity (Wildman–Crippen MR) is 82.7 cm³/mol. The van der Waals surface area contributed by atoms with E-state index in [1.54, 1.807) is 0 Å². The Bertz CT molecular complexity index is 679. The molecule has 0 spiro atoms. The third-order valence-electron chi connectivity index (χ3n) is 4.76. The van der Waals surface area contributed by atoms with Crippen molar-refractivity contribution in [2.45, 2.75) is 38.6 Å². The number of carbonyl (C=O) groups excluding carboxylic acids is 1. The van der Waals surface area contributed by atoms with Crippen LogP contribution < -0.4 is 0 Å². The standard InChI is InChI=1S/C17H20N4O/c22-17(16-19-18-15-7-3-4-10-21(15)16)20-11-8-13-5-1-2-6-14(13)9-12-20/h1-2,5-6H,3-4,7-12H2. The molecule has 4 rings (SSSR count). The van der Waals surface area contributed by atoms with Crippen molar-refractivity contribution < 1.29 is 4.79 Å². The van der Waals surface area contributed by atoms with Gasteiger partial charge in [-0.25, -0.2) is 0 Å². The van der Waals surface area contributed by atoms with Crippen molar-refractivity contribution in [3.8, 4) is 0 Å². The lowest BCUT2D eigenvalue weighted by molar-refractivity contribution is 0.0744. The zero-order valence-electron chi connectivity index (χ0n) is 12.7. The molecule has 0 fully saturated rings. The maximum absolute atomic E-state index is 12.8. The molecular weight excluding hydrogens is 276 g/mol. The van der Waals surface area contributed by atoms with Crippen LogP contribution in [0.2, 0.25) is 0 Å². The van der Waals surface area contributed by atoms with Gasteiger partial charge in [0.2, 0.25) is 5.82 Å². The molecule has 2 aromatic rings. The lowest BCUT2D eigenvalue weighted by atomic mass is 10.0. The van der Waals surface area contributed by atoms with Crippen molar-refractivity contribution in [1.29, 1.82) is 0 Å². The summed E-state index contributed by atoms with van der Waals surface area (Å²) >= 11 is 0. The lowest BCUT2D eigenvalue weighted by Gasteiger charge is -2.21. The Hall–Kier alpha value is -2.17. The Morgan fingerprint density at radius 1 is 0.909 bits per heavy atom. The van der Waals surface area contributed by atoms with Crippen molar-refractivity contribution in [2.75, 3.05) is 13.1 Å². The highest BCUT2D eigenvalue weighted by molar-refractivity contribution is 5.90. The first-order valence-electron chi connectivity index (χ1n) is 8.11. The summed E-state index contributed by atoms with van der Waals surface area (Å²) in [5.74, 6) is 1.53. The van der Waals surface area contributed by atoms with Crippen molar-refractivity contribution in [3.63, 3.8) is 0 Å². The normalized spacial score (nSPS) is 17.5. The number of benzene rings is 1. The number of rotatable bonds is 1. The average Bonchev–Trinajstić information content (AvgIpc) is 2.87. The van der Waals surface area contributed by atoms with E-state index < -0.39 is 0 Å². The molecular formula is C17H20N4O. The Morgan fingerprint density at radius 3 is 2.36 bits per heavy atom. The van der Waals surface area contributed by atoms with Gasteiger partial charge in [-0.05, 0) is 36.8 Å². The molecule has 2 aliphatic heterocycles. The molecule has 1 aromatic heterocycles. The van der Waals surface area contributed by atoms with Gasteiger partial charge in [0.1, 0.15) is 5.82 Å². The van der Waals surface area contributed by atoms with Crippen LogP contribution >= 0.6 is 0 Å².